The number of carbonyl (C=O) groups is 1. The quantitative estimate of drug-likeness (QED) is 0.725. The van der Waals surface area contributed by atoms with Gasteiger partial charge in [-0.15, -0.1) is 0 Å². The highest BCUT2D eigenvalue weighted by Gasteiger charge is 2.29. The van der Waals surface area contributed by atoms with Crippen molar-refractivity contribution in [3.63, 3.8) is 0 Å². The van der Waals surface area contributed by atoms with Crippen LogP contribution in [0.5, 0.6) is 0 Å². The lowest BCUT2D eigenvalue weighted by atomic mass is 10.1. The summed E-state index contributed by atoms with van der Waals surface area (Å²) in [6.45, 7) is 9.23. The number of aryl methyl sites for hydroxylation is 1. The fourth-order valence-electron chi connectivity index (χ4n) is 3.16. The van der Waals surface area contributed by atoms with Gasteiger partial charge in [0.15, 0.2) is 0 Å². The molecule has 1 unspecified atom stereocenters. The van der Waals surface area contributed by atoms with E-state index in [2.05, 4.69) is 10.4 Å². The lowest BCUT2D eigenvalue weighted by molar-refractivity contribution is -0.122. The lowest BCUT2D eigenvalue weighted by Crippen LogP contribution is -2.32. The Morgan fingerprint density at radius 2 is 1.79 bits per heavy atom. The molecule has 1 atom stereocenters. The molecule has 1 heterocycles. The normalized spacial score (nSPS) is 13.0. The topological polar surface area (TPSA) is 84.3 Å². The first-order valence-electron chi connectivity index (χ1n) is 9.20. The number of hydrogen-bond donors (Lipinski definition) is 1. The molecular formula is C19H27FN4O3S. The van der Waals surface area contributed by atoms with Crippen LogP contribution in [0.4, 0.5) is 4.39 Å². The number of nitrogens with one attached hydrogen (secondary N) is 1. The molecule has 2 rings (SSSR count). The number of rotatable bonds is 8. The molecule has 9 heteroatoms. The molecule has 7 nitrogen and oxygen atoms in total. The van der Waals surface area contributed by atoms with Gasteiger partial charge in [-0.1, -0.05) is 26.0 Å². The minimum Gasteiger partial charge on any atom is -0.348 e. The molecule has 2 aromatic rings. The number of sulfonamides is 1. The predicted octanol–water partition coefficient (Wildman–Crippen LogP) is 2.55. The van der Waals surface area contributed by atoms with Gasteiger partial charge >= 0.3 is 0 Å². The van der Waals surface area contributed by atoms with Crippen LogP contribution >= 0.6 is 0 Å². The van der Waals surface area contributed by atoms with Crippen molar-refractivity contribution in [1.29, 1.82) is 0 Å². The molecule has 1 aromatic carbocycles. The van der Waals surface area contributed by atoms with Gasteiger partial charge in [0, 0.05) is 13.1 Å². The number of amides is 1. The summed E-state index contributed by atoms with van der Waals surface area (Å²) in [5.41, 5.74) is 1.56. The third kappa shape index (κ3) is 4.59. The van der Waals surface area contributed by atoms with Crippen LogP contribution < -0.4 is 5.32 Å². The van der Waals surface area contributed by atoms with Crippen molar-refractivity contribution in [3.8, 4) is 0 Å². The van der Waals surface area contributed by atoms with E-state index in [4.69, 9.17) is 0 Å². The van der Waals surface area contributed by atoms with Crippen LogP contribution in [0.2, 0.25) is 0 Å². The van der Waals surface area contributed by atoms with Crippen LogP contribution in [-0.4, -0.2) is 41.5 Å². The summed E-state index contributed by atoms with van der Waals surface area (Å²) >= 11 is 0. The maximum atomic E-state index is 13.0. The van der Waals surface area contributed by atoms with Crippen molar-refractivity contribution >= 4 is 15.9 Å². The maximum Gasteiger partial charge on any atom is 0.246 e. The van der Waals surface area contributed by atoms with Crippen molar-refractivity contribution in [2.24, 2.45) is 0 Å². The van der Waals surface area contributed by atoms with E-state index in [-0.39, 0.29) is 29.2 Å². The van der Waals surface area contributed by atoms with E-state index in [0.717, 1.165) is 5.56 Å². The van der Waals surface area contributed by atoms with E-state index in [1.54, 1.807) is 46.8 Å². The summed E-state index contributed by atoms with van der Waals surface area (Å²) in [5, 5.41) is 7.08. The number of hydrogen-bond acceptors (Lipinski definition) is 4. The van der Waals surface area contributed by atoms with Crippen molar-refractivity contribution < 1.29 is 17.6 Å². The minimum absolute atomic E-state index is 0.105. The molecule has 0 bridgehead atoms. The third-order valence-electron chi connectivity index (χ3n) is 4.66. The Hall–Kier alpha value is -2.26. The minimum atomic E-state index is -3.66. The Labute approximate surface area is 165 Å². The molecule has 154 valence electrons. The lowest BCUT2D eigenvalue weighted by Gasteiger charge is -2.18. The fraction of sp³-hybridized carbons (Fsp3) is 0.474. The van der Waals surface area contributed by atoms with E-state index >= 15 is 0 Å². The highest BCUT2D eigenvalue weighted by Crippen LogP contribution is 2.23. The Balaban J connectivity index is 2.19. The number of carbonyl (C=O) groups excluding carboxylic acids is 1. The predicted molar refractivity (Wildman–Crippen MR) is 105 cm³/mol. The first-order chi connectivity index (χ1) is 13.1. The summed E-state index contributed by atoms with van der Waals surface area (Å²) in [6, 6.07) is 5.58. The second-order valence-electron chi connectivity index (χ2n) is 6.59. The van der Waals surface area contributed by atoms with Gasteiger partial charge in [0.1, 0.15) is 17.3 Å². The largest absolute Gasteiger partial charge is 0.348 e. The van der Waals surface area contributed by atoms with Crippen LogP contribution in [0.3, 0.4) is 0 Å². The summed E-state index contributed by atoms with van der Waals surface area (Å²) in [4.78, 5) is 12.6. The van der Waals surface area contributed by atoms with Crippen molar-refractivity contribution in [2.45, 2.75) is 52.1 Å². The van der Waals surface area contributed by atoms with Crippen LogP contribution in [0, 0.1) is 19.7 Å². The Kier molecular flexibility index (Phi) is 6.95. The molecule has 0 aliphatic carbocycles. The van der Waals surface area contributed by atoms with Crippen LogP contribution in [0.15, 0.2) is 29.2 Å². The monoisotopic (exact) mass is 410 g/mol. The van der Waals surface area contributed by atoms with Crippen LogP contribution in [0.1, 0.15) is 43.8 Å². The molecule has 0 saturated heterocycles. The van der Waals surface area contributed by atoms with E-state index in [0.29, 0.717) is 24.5 Å². The van der Waals surface area contributed by atoms with Gasteiger partial charge < -0.3 is 5.32 Å². The first-order valence-corrected chi connectivity index (χ1v) is 10.6. The Bertz CT molecular complexity index is 935. The zero-order valence-corrected chi connectivity index (χ0v) is 17.7. The molecule has 1 aromatic heterocycles. The second-order valence-corrected chi connectivity index (χ2v) is 8.46. The standard InChI is InChI=1S/C19H27FN4O3S/c1-6-23(7-2)28(26,27)19-14(4)22-24(15(19)5)12-18(25)21-13(3)16-8-10-17(20)11-9-16/h8-11,13H,6-7,12H2,1-5H3,(H,21,25). The number of benzene rings is 1. The van der Waals surface area contributed by atoms with Crippen LogP contribution in [0.25, 0.3) is 0 Å². The molecule has 0 saturated carbocycles. The molecule has 0 radical (unpaired) electrons. The fourth-order valence-corrected chi connectivity index (χ4v) is 4.99. The van der Waals surface area contributed by atoms with E-state index < -0.39 is 10.0 Å². The molecule has 1 N–H and O–H groups in total. The first kappa shape index (κ1) is 22.0. The SMILES string of the molecule is CCN(CC)S(=O)(=O)c1c(C)nn(CC(=O)NC(C)c2ccc(F)cc2)c1C. The van der Waals surface area contributed by atoms with Crippen LogP contribution in [-0.2, 0) is 21.4 Å². The number of aromatic nitrogens is 2. The van der Waals surface area contributed by atoms with E-state index in [9.17, 15) is 17.6 Å². The van der Waals surface area contributed by atoms with Crippen molar-refractivity contribution in [2.75, 3.05) is 13.1 Å². The number of halogens is 1. The number of nitrogens with zero attached hydrogens (tertiary/aromatic N) is 3. The zero-order chi connectivity index (χ0) is 21.1. The van der Waals surface area contributed by atoms with Gasteiger partial charge in [0.2, 0.25) is 15.9 Å². The summed E-state index contributed by atoms with van der Waals surface area (Å²) in [5.74, 6) is -0.652. The summed E-state index contributed by atoms with van der Waals surface area (Å²) < 4.78 is 41.5. The summed E-state index contributed by atoms with van der Waals surface area (Å²) in [6.07, 6.45) is 0. The molecule has 28 heavy (non-hydrogen) atoms. The Morgan fingerprint density at radius 1 is 1.21 bits per heavy atom. The molecule has 1 amide bonds. The summed E-state index contributed by atoms with van der Waals surface area (Å²) in [7, 11) is -3.66. The molecule has 0 aliphatic rings. The molecule has 0 fully saturated rings. The van der Waals surface area contributed by atoms with Gasteiger partial charge in [-0.3, -0.25) is 9.48 Å². The van der Waals surface area contributed by atoms with E-state index in [1.165, 1.54) is 21.1 Å². The van der Waals surface area contributed by atoms with Gasteiger partial charge in [0.25, 0.3) is 0 Å². The zero-order valence-electron chi connectivity index (χ0n) is 16.9. The average molecular weight is 411 g/mol. The van der Waals surface area contributed by atoms with Gasteiger partial charge in [-0.25, -0.2) is 12.8 Å². The highest BCUT2D eigenvalue weighted by atomic mass is 32.2. The molecular weight excluding hydrogens is 383 g/mol. The smallest absolute Gasteiger partial charge is 0.246 e. The Morgan fingerprint density at radius 3 is 2.32 bits per heavy atom. The van der Waals surface area contributed by atoms with Crippen molar-refractivity contribution in [3.05, 3.63) is 47.0 Å². The molecule has 0 aliphatic heterocycles. The highest BCUT2D eigenvalue weighted by molar-refractivity contribution is 7.89. The van der Waals surface area contributed by atoms with Gasteiger partial charge in [0.05, 0.1) is 17.4 Å². The molecule has 0 spiro atoms. The average Bonchev–Trinajstić information content (AvgIpc) is 2.90. The van der Waals surface area contributed by atoms with Crippen molar-refractivity contribution in [1.82, 2.24) is 19.4 Å². The van der Waals surface area contributed by atoms with Gasteiger partial charge in [-0.2, -0.15) is 9.40 Å². The van der Waals surface area contributed by atoms with E-state index in [1.807, 2.05) is 0 Å². The van der Waals surface area contributed by atoms with Gasteiger partial charge in [-0.05, 0) is 38.5 Å². The second kappa shape index (κ2) is 8.83. The third-order valence-corrected chi connectivity index (χ3v) is 6.96. The maximum absolute atomic E-state index is 13.0.